The second kappa shape index (κ2) is 7.57. The third kappa shape index (κ3) is 3.85. The van der Waals surface area contributed by atoms with Gasteiger partial charge in [0.15, 0.2) is 0 Å². The number of hydrogen-bond acceptors (Lipinski definition) is 5. The van der Waals surface area contributed by atoms with Gasteiger partial charge in [0.25, 0.3) is 0 Å². The number of carbonyl (C=O) groups excluding carboxylic acids is 2. The molecular weight excluding hydrogens is 336 g/mol. The number of carbonyl (C=O) groups is 2. The number of ether oxygens (including phenoxy) is 1. The van der Waals surface area contributed by atoms with Crippen molar-refractivity contribution in [1.82, 2.24) is 15.1 Å². The van der Waals surface area contributed by atoms with E-state index in [-0.39, 0.29) is 29.9 Å². The summed E-state index contributed by atoms with van der Waals surface area (Å²) in [7, 11) is 3.31. The van der Waals surface area contributed by atoms with E-state index in [4.69, 9.17) is 4.74 Å². The third-order valence-electron chi connectivity index (χ3n) is 4.40. The number of methoxy groups -OCH3 is 1. The molecule has 8 nitrogen and oxygen atoms in total. The number of aromatic hydroxyl groups is 1. The van der Waals surface area contributed by atoms with Crippen LogP contribution in [0.1, 0.15) is 17.8 Å². The molecule has 0 spiro atoms. The Balaban J connectivity index is 1.62. The van der Waals surface area contributed by atoms with Gasteiger partial charge in [-0.25, -0.2) is 0 Å². The monoisotopic (exact) mass is 358 g/mol. The van der Waals surface area contributed by atoms with Gasteiger partial charge < -0.3 is 19.6 Å². The maximum atomic E-state index is 12.7. The normalized spacial score (nSPS) is 16.9. The number of anilines is 1. The average molecular weight is 358 g/mol. The van der Waals surface area contributed by atoms with Crippen LogP contribution in [-0.2, 0) is 27.5 Å². The van der Waals surface area contributed by atoms with Crippen LogP contribution >= 0.6 is 0 Å². The van der Waals surface area contributed by atoms with Crippen molar-refractivity contribution in [2.45, 2.75) is 19.6 Å². The maximum absolute atomic E-state index is 12.7. The fraction of sp³-hybridized carbons (Fsp3) is 0.389. The molecule has 0 saturated carbocycles. The van der Waals surface area contributed by atoms with Crippen LogP contribution in [0.2, 0.25) is 0 Å². The number of aromatic nitrogens is 2. The summed E-state index contributed by atoms with van der Waals surface area (Å²) in [5.74, 6) is -0.420. The summed E-state index contributed by atoms with van der Waals surface area (Å²) >= 11 is 0. The predicted molar refractivity (Wildman–Crippen MR) is 94.3 cm³/mol. The van der Waals surface area contributed by atoms with E-state index >= 15 is 0 Å². The molecule has 1 aromatic carbocycles. The number of hydrogen-bond donors (Lipinski definition) is 2. The third-order valence-corrected chi connectivity index (χ3v) is 4.40. The summed E-state index contributed by atoms with van der Waals surface area (Å²) in [6, 6.07) is 8.26. The van der Waals surface area contributed by atoms with Gasteiger partial charge in [-0.05, 0) is 30.3 Å². The molecule has 2 N–H and O–H groups in total. The summed E-state index contributed by atoms with van der Waals surface area (Å²) in [6.07, 6.45) is 0.182. The van der Waals surface area contributed by atoms with Crippen LogP contribution in [0.3, 0.4) is 0 Å². The molecule has 2 amide bonds. The summed E-state index contributed by atoms with van der Waals surface area (Å²) in [5, 5.41) is 16.4. The largest absolute Gasteiger partial charge is 0.508 e. The maximum Gasteiger partial charge on any atom is 0.228 e. The molecule has 1 aromatic heterocycles. The lowest BCUT2D eigenvalue weighted by molar-refractivity contribution is -0.135. The van der Waals surface area contributed by atoms with Crippen molar-refractivity contribution < 1.29 is 19.4 Å². The first-order valence-electron chi connectivity index (χ1n) is 8.34. The second-order valence-corrected chi connectivity index (χ2v) is 6.43. The van der Waals surface area contributed by atoms with E-state index in [1.807, 2.05) is 6.07 Å². The number of phenolic OH excluding ortho intramolecular Hbond substituents is 1. The molecule has 8 heteroatoms. The molecule has 1 fully saturated rings. The zero-order chi connectivity index (χ0) is 18.7. The lowest BCUT2D eigenvalue weighted by Crippen LogP contribution is -2.34. The Morgan fingerprint density at radius 2 is 2.15 bits per heavy atom. The Morgan fingerprint density at radius 1 is 1.42 bits per heavy atom. The van der Waals surface area contributed by atoms with Crippen molar-refractivity contribution in [2.75, 3.05) is 25.6 Å². The van der Waals surface area contributed by atoms with Gasteiger partial charge in [-0.1, -0.05) is 0 Å². The molecule has 3 rings (SSSR count). The Kier molecular flexibility index (Phi) is 5.22. The van der Waals surface area contributed by atoms with E-state index in [9.17, 15) is 14.7 Å². The average Bonchev–Trinajstić information content (AvgIpc) is 3.22. The van der Waals surface area contributed by atoms with Gasteiger partial charge in [-0.2, -0.15) is 5.10 Å². The highest BCUT2D eigenvalue weighted by atomic mass is 16.5. The summed E-state index contributed by atoms with van der Waals surface area (Å²) in [5.41, 5.74) is 2.27. The smallest absolute Gasteiger partial charge is 0.228 e. The standard InChI is InChI=1S/C18H22N4O4/c1-21(10-13-8-14(11-26-2)20-19-13)18(25)12-7-17(24)22(9-12)15-3-5-16(23)6-4-15/h3-6,8,12,23H,7,9-11H2,1-2H3,(H,19,20)/t12-/m0/s1. The molecule has 1 aliphatic rings. The topological polar surface area (TPSA) is 98.8 Å². The van der Waals surface area contributed by atoms with Crippen molar-refractivity contribution in [3.8, 4) is 5.75 Å². The Labute approximate surface area is 151 Å². The Hall–Kier alpha value is -2.87. The summed E-state index contributed by atoms with van der Waals surface area (Å²) in [6.45, 7) is 1.14. The van der Waals surface area contributed by atoms with E-state index in [0.29, 0.717) is 25.4 Å². The molecule has 26 heavy (non-hydrogen) atoms. The van der Waals surface area contributed by atoms with Gasteiger partial charge >= 0.3 is 0 Å². The molecule has 0 bridgehead atoms. The zero-order valence-corrected chi connectivity index (χ0v) is 14.8. The van der Waals surface area contributed by atoms with Crippen molar-refractivity contribution >= 4 is 17.5 Å². The van der Waals surface area contributed by atoms with Crippen LogP contribution in [-0.4, -0.2) is 52.7 Å². The van der Waals surface area contributed by atoms with Gasteiger partial charge in [0.2, 0.25) is 11.8 Å². The van der Waals surface area contributed by atoms with Crippen LogP contribution < -0.4 is 4.90 Å². The number of nitrogens with one attached hydrogen (secondary N) is 1. The van der Waals surface area contributed by atoms with E-state index < -0.39 is 0 Å². The van der Waals surface area contributed by atoms with Gasteiger partial charge in [-0.15, -0.1) is 0 Å². The lowest BCUT2D eigenvalue weighted by Gasteiger charge is -2.21. The van der Waals surface area contributed by atoms with Crippen molar-refractivity contribution in [3.05, 3.63) is 41.7 Å². The van der Waals surface area contributed by atoms with Crippen LogP contribution in [0.15, 0.2) is 30.3 Å². The lowest BCUT2D eigenvalue weighted by atomic mass is 10.1. The number of nitrogens with zero attached hydrogens (tertiary/aromatic N) is 3. The van der Waals surface area contributed by atoms with Gasteiger partial charge in [0.05, 0.1) is 30.5 Å². The fourth-order valence-electron chi connectivity index (χ4n) is 3.11. The first-order valence-corrected chi connectivity index (χ1v) is 8.34. The number of amides is 2. The van der Waals surface area contributed by atoms with Crippen molar-refractivity contribution in [1.29, 1.82) is 0 Å². The molecule has 1 aliphatic heterocycles. The molecule has 2 heterocycles. The first kappa shape index (κ1) is 17.9. The number of aromatic amines is 1. The molecule has 1 atom stereocenters. The molecule has 1 saturated heterocycles. The van der Waals surface area contributed by atoms with E-state index in [0.717, 1.165) is 11.4 Å². The molecular formula is C18H22N4O4. The van der Waals surface area contributed by atoms with Crippen molar-refractivity contribution in [3.63, 3.8) is 0 Å². The second-order valence-electron chi connectivity index (χ2n) is 6.43. The fourth-order valence-corrected chi connectivity index (χ4v) is 3.11. The van der Waals surface area contributed by atoms with Crippen LogP contribution in [0.5, 0.6) is 5.75 Å². The first-order chi connectivity index (χ1) is 12.5. The zero-order valence-electron chi connectivity index (χ0n) is 14.8. The molecule has 0 unspecified atom stereocenters. The minimum atomic E-state index is -0.386. The number of phenols is 1. The SMILES string of the molecule is COCc1cc(CN(C)C(=O)[C@H]2CC(=O)N(c3ccc(O)cc3)C2)[nH]n1. The quantitative estimate of drug-likeness (QED) is 0.810. The summed E-state index contributed by atoms with van der Waals surface area (Å²) < 4.78 is 5.03. The minimum absolute atomic E-state index is 0.0810. The highest BCUT2D eigenvalue weighted by Crippen LogP contribution is 2.27. The Morgan fingerprint density at radius 3 is 2.85 bits per heavy atom. The molecule has 2 aromatic rings. The molecule has 138 valence electrons. The predicted octanol–water partition coefficient (Wildman–Crippen LogP) is 1.27. The van der Waals surface area contributed by atoms with E-state index in [1.165, 1.54) is 12.1 Å². The minimum Gasteiger partial charge on any atom is -0.508 e. The van der Waals surface area contributed by atoms with Crippen molar-refractivity contribution in [2.24, 2.45) is 5.92 Å². The van der Waals surface area contributed by atoms with E-state index in [1.54, 1.807) is 36.1 Å². The molecule has 0 aliphatic carbocycles. The molecule has 0 radical (unpaired) electrons. The number of H-pyrrole nitrogens is 1. The van der Waals surface area contributed by atoms with Crippen LogP contribution in [0.4, 0.5) is 5.69 Å². The highest BCUT2D eigenvalue weighted by Gasteiger charge is 2.36. The van der Waals surface area contributed by atoms with Gasteiger partial charge in [0, 0.05) is 32.8 Å². The van der Waals surface area contributed by atoms with Crippen LogP contribution in [0.25, 0.3) is 0 Å². The van der Waals surface area contributed by atoms with E-state index in [2.05, 4.69) is 10.2 Å². The Bertz CT molecular complexity index is 787. The van der Waals surface area contributed by atoms with Gasteiger partial charge in [-0.3, -0.25) is 14.7 Å². The van der Waals surface area contributed by atoms with Gasteiger partial charge in [0.1, 0.15) is 5.75 Å². The highest BCUT2D eigenvalue weighted by molar-refractivity contribution is 6.00. The van der Waals surface area contributed by atoms with Crippen LogP contribution in [0, 0.1) is 5.92 Å². The summed E-state index contributed by atoms with van der Waals surface area (Å²) in [4.78, 5) is 28.2. The number of rotatable bonds is 6. The number of benzene rings is 1.